The Morgan fingerprint density at radius 2 is 1.76 bits per heavy atom. The number of hydrogen-bond donors (Lipinski definition) is 3. The summed E-state index contributed by atoms with van der Waals surface area (Å²) in [6.07, 6.45) is 18.1. The predicted octanol–water partition coefficient (Wildman–Crippen LogP) is 4.99. The fourth-order valence-corrected chi connectivity index (χ4v) is 6.79. The number of allylic oxidation sites excluding steroid dienone is 7. The molecule has 1 saturated heterocycles. The zero-order chi connectivity index (χ0) is 30.1. The van der Waals surface area contributed by atoms with E-state index in [1.807, 2.05) is 6.07 Å². The summed E-state index contributed by atoms with van der Waals surface area (Å²) in [6, 6.07) is 3.51. The summed E-state index contributed by atoms with van der Waals surface area (Å²) in [4.78, 5) is 40.3. The van der Waals surface area contributed by atoms with Crippen LogP contribution in [0.2, 0.25) is 0 Å². The van der Waals surface area contributed by atoms with Crippen LogP contribution in [0.25, 0.3) is 5.57 Å². The van der Waals surface area contributed by atoms with Crippen LogP contribution < -0.4 is 0 Å². The first-order valence-corrected chi connectivity index (χ1v) is 15.4. The molecule has 3 aliphatic rings. The minimum atomic E-state index is -0.764. The molecule has 7 nitrogen and oxygen atoms in total. The Labute approximate surface area is 249 Å². The molecule has 3 atom stereocenters. The molecule has 226 valence electrons. The Morgan fingerprint density at radius 1 is 1.02 bits per heavy atom. The van der Waals surface area contributed by atoms with E-state index in [0.29, 0.717) is 31.2 Å². The molecule has 0 aromatic heterocycles. The van der Waals surface area contributed by atoms with Gasteiger partial charge in [-0.2, -0.15) is 0 Å². The van der Waals surface area contributed by atoms with E-state index >= 15 is 0 Å². The van der Waals surface area contributed by atoms with Crippen LogP contribution in [0.1, 0.15) is 79.8 Å². The second kappa shape index (κ2) is 15.4. The minimum absolute atomic E-state index is 0.0156. The van der Waals surface area contributed by atoms with Crippen molar-refractivity contribution < 1.29 is 29.7 Å². The third kappa shape index (κ3) is 8.24. The van der Waals surface area contributed by atoms with Gasteiger partial charge in [0.1, 0.15) is 17.3 Å². The lowest BCUT2D eigenvalue weighted by Crippen LogP contribution is -2.32. The molecule has 0 saturated carbocycles. The molecule has 1 aromatic rings. The van der Waals surface area contributed by atoms with E-state index in [4.69, 9.17) is 0 Å². The number of carbonyl (C=O) groups is 3. The van der Waals surface area contributed by atoms with Crippen molar-refractivity contribution in [3.8, 4) is 5.75 Å². The van der Waals surface area contributed by atoms with Crippen molar-refractivity contribution in [2.24, 2.45) is 17.8 Å². The summed E-state index contributed by atoms with van der Waals surface area (Å²) in [5, 5.41) is 30.6. The number of aliphatic hydroxyl groups is 2. The average Bonchev–Trinajstić information content (AvgIpc) is 3.45. The van der Waals surface area contributed by atoms with E-state index in [0.717, 1.165) is 42.8 Å². The van der Waals surface area contributed by atoms with Crippen LogP contribution in [0.5, 0.6) is 5.75 Å². The quantitative estimate of drug-likeness (QED) is 0.301. The van der Waals surface area contributed by atoms with Gasteiger partial charge in [0.05, 0.1) is 18.6 Å². The van der Waals surface area contributed by atoms with Gasteiger partial charge in [-0.1, -0.05) is 48.1 Å². The van der Waals surface area contributed by atoms with Crippen molar-refractivity contribution in [1.29, 1.82) is 0 Å². The zero-order valence-corrected chi connectivity index (χ0v) is 24.8. The SMILES string of the molecule is CC(=O)CC(=O)C(CO)C(CCO)CC1CC(=O)c2c(O)ccc(C3=CC=C(CN4CCCC4)CC=CC=CC3)c2C1. The van der Waals surface area contributed by atoms with E-state index in [-0.39, 0.29) is 54.4 Å². The molecule has 0 spiro atoms. The number of Topliss-reactive ketones (excluding diaryl/α,β-unsaturated/α-hetero) is 3. The lowest BCUT2D eigenvalue weighted by Gasteiger charge is -2.32. The van der Waals surface area contributed by atoms with Crippen molar-refractivity contribution in [2.45, 2.75) is 64.7 Å². The number of hydrogen-bond acceptors (Lipinski definition) is 7. The lowest BCUT2D eigenvalue weighted by atomic mass is 9.72. The highest BCUT2D eigenvalue weighted by Crippen LogP contribution is 2.40. The molecule has 1 fully saturated rings. The maximum Gasteiger partial charge on any atom is 0.167 e. The molecule has 0 radical (unpaired) electrons. The third-order valence-corrected chi connectivity index (χ3v) is 8.87. The van der Waals surface area contributed by atoms with E-state index in [1.165, 1.54) is 25.3 Å². The molecule has 1 aromatic carbocycles. The van der Waals surface area contributed by atoms with Crippen LogP contribution in [0.15, 0.2) is 54.2 Å². The monoisotopic (exact) mass is 575 g/mol. The number of aromatic hydroxyl groups is 1. The maximum absolute atomic E-state index is 13.4. The highest BCUT2D eigenvalue weighted by atomic mass is 16.3. The molecule has 3 unspecified atom stereocenters. The summed E-state index contributed by atoms with van der Waals surface area (Å²) in [7, 11) is 0. The van der Waals surface area contributed by atoms with Gasteiger partial charge in [-0.15, -0.1) is 0 Å². The second-order valence-electron chi connectivity index (χ2n) is 12.1. The molecule has 2 aliphatic carbocycles. The molecular weight excluding hydrogens is 530 g/mol. The normalized spacial score (nSPS) is 20.9. The Morgan fingerprint density at radius 3 is 2.45 bits per heavy atom. The first kappa shape index (κ1) is 31.8. The first-order chi connectivity index (χ1) is 20.3. The Hall–Kier alpha value is -3.13. The Kier molecular flexibility index (Phi) is 11.6. The average molecular weight is 576 g/mol. The minimum Gasteiger partial charge on any atom is -0.507 e. The van der Waals surface area contributed by atoms with Crippen LogP contribution in [0, 0.1) is 17.8 Å². The van der Waals surface area contributed by atoms with Gasteiger partial charge in [-0.25, -0.2) is 0 Å². The van der Waals surface area contributed by atoms with Crippen molar-refractivity contribution in [2.75, 3.05) is 32.8 Å². The summed E-state index contributed by atoms with van der Waals surface area (Å²) >= 11 is 0. The maximum atomic E-state index is 13.4. The van der Waals surface area contributed by atoms with E-state index in [2.05, 4.69) is 41.4 Å². The highest BCUT2D eigenvalue weighted by Gasteiger charge is 2.35. The van der Waals surface area contributed by atoms with Crippen LogP contribution in [0.3, 0.4) is 0 Å². The number of fused-ring (bicyclic) bond motifs is 1. The van der Waals surface area contributed by atoms with E-state index < -0.39 is 12.5 Å². The van der Waals surface area contributed by atoms with Crippen molar-refractivity contribution in [3.63, 3.8) is 0 Å². The van der Waals surface area contributed by atoms with Crippen LogP contribution in [-0.4, -0.2) is 70.4 Å². The largest absolute Gasteiger partial charge is 0.507 e. The van der Waals surface area contributed by atoms with Gasteiger partial charge < -0.3 is 15.3 Å². The lowest BCUT2D eigenvalue weighted by molar-refractivity contribution is -0.131. The topological polar surface area (TPSA) is 115 Å². The molecule has 0 amide bonds. The number of ketones is 3. The fraction of sp³-hybridized carbons (Fsp3) is 0.514. The fourth-order valence-electron chi connectivity index (χ4n) is 6.79. The molecule has 1 aliphatic heterocycles. The highest BCUT2D eigenvalue weighted by molar-refractivity contribution is 6.02. The Bertz CT molecular complexity index is 1270. The van der Waals surface area contributed by atoms with E-state index in [9.17, 15) is 29.7 Å². The molecule has 4 rings (SSSR count). The summed E-state index contributed by atoms with van der Waals surface area (Å²) < 4.78 is 0. The van der Waals surface area contributed by atoms with Gasteiger partial charge in [0.25, 0.3) is 0 Å². The van der Waals surface area contributed by atoms with Crippen molar-refractivity contribution >= 4 is 22.9 Å². The van der Waals surface area contributed by atoms with Crippen LogP contribution in [-0.2, 0) is 16.0 Å². The summed E-state index contributed by atoms with van der Waals surface area (Å²) in [5.41, 5.74) is 4.53. The predicted molar refractivity (Wildman–Crippen MR) is 164 cm³/mol. The number of aliphatic hydroxyl groups excluding tert-OH is 2. The zero-order valence-electron chi connectivity index (χ0n) is 24.8. The number of carbonyl (C=O) groups excluding carboxylic acids is 3. The number of likely N-dealkylation sites (tertiary alicyclic amines) is 1. The standard InChI is InChI=1S/C35H45NO6/c1-24(39)18-33(41)31(23-38)28(14-17-37)19-26-20-30-29(12-13-32(40)35(30)34(42)21-26)27-9-5-3-2-4-8-25(10-11-27)22-36-15-6-7-16-36/h2-5,10-13,26,28,31,37-38,40H,6-9,14-23H2,1H3. The number of rotatable bonds is 12. The first-order valence-electron chi connectivity index (χ1n) is 15.4. The van der Waals surface area contributed by atoms with Gasteiger partial charge in [-0.05, 0) is 99.6 Å². The molecule has 1 heterocycles. The van der Waals surface area contributed by atoms with Gasteiger partial charge >= 0.3 is 0 Å². The number of nitrogens with zero attached hydrogens (tertiary/aromatic N) is 1. The van der Waals surface area contributed by atoms with Gasteiger partial charge in [0.15, 0.2) is 5.78 Å². The number of phenolic OH excluding ortho intramolecular Hbond substituents is 1. The van der Waals surface area contributed by atoms with Gasteiger partial charge in [-0.3, -0.25) is 19.3 Å². The number of phenols is 1. The second-order valence-corrected chi connectivity index (χ2v) is 12.1. The number of benzene rings is 1. The Balaban J connectivity index is 1.64. The molecule has 7 heteroatoms. The smallest absolute Gasteiger partial charge is 0.167 e. The third-order valence-electron chi connectivity index (χ3n) is 8.87. The molecule has 3 N–H and O–H groups in total. The molecule has 42 heavy (non-hydrogen) atoms. The van der Waals surface area contributed by atoms with Crippen LogP contribution >= 0.6 is 0 Å². The summed E-state index contributed by atoms with van der Waals surface area (Å²) in [5.74, 6) is -1.98. The van der Waals surface area contributed by atoms with Crippen molar-refractivity contribution in [3.05, 3.63) is 70.9 Å². The van der Waals surface area contributed by atoms with Gasteiger partial charge in [0.2, 0.25) is 0 Å². The van der Waals surface area contributed by atoms with E-state index in [1.54, 1.807) is 6.07 Å². The molecular formula is C35H45NO6. The van der Waals surface area contributed by atoms with Crippen molar-refractivity contribution in [1.82, 2.24) is 4.90 Å². The summed E-state index contributed by atoms with van der Waals surface area (Å²) in [6.45, 7) is 3.98. The van der Waals surface area contributed by atoms with Crippen LogP contribution in [0.4, 0.5) is 0 Å². The molecule has 0 bridgehead atoms. The van der Waals surface area contributed by atoms with Gasteiger partial charge in [0, 0.05) is 25.5 Å².